The van der Waals surface area contributed by atoms with E-state index in [4.69, 9.17) is 9.57 Å². The van der Waals surface area contributed by atoms with Crippen LogP contribution < -0.4 is 30.5 Å². The standard InChI is InChI=1S/C35H40F3N7O4S/c1-45(50-3)29-16-11-10-15-28(29)42-32-27(35(36,37)38)22-40-34(43-32)41-25-18-19-26(30(21-25)48-2)33(47)39-20-12-5-4-9-17-31(46)44-49-23-24-13-7-6-8-14-24/h6-8,10-11,13-16,18-19,21-22H,4-5,9,12,17,20,23H2,1-3H3,(H,39,47)(H,44,46)(H2,40,41,42,43). The summed E-state index contributed by atoms with van der Waals surface area (Å²) >= 11 is 1.40. The molecule has 4 aromatic rings. The first kappa shape index (κ1) is 37.8. The molecule has 0 spiro atoms. The molecule has 0 radical (unpaired) electrons. The molecular formula is C35H40F3N7O4S. The number of rotatable bonds is 18. The number of nitrogens with zero attached hydrogens (tertiary/aromatic N) is 3. The third-order valence-corrected chi connectivity index (χ3v) is 8.19. The van der Waals surface area contributed by atoms with Gasteiger partial charge in [-0.15, -0.1) is 0 Å². The van der Waals surface area contributed by atoms with Crippen molar-refractivity contribution in [2.75, 3.05) is 41.9 Å². The van der Waals surface area contributed by atoms with Gasteiger partial charge in [0.05, 0.1) is 30.7 Å². The molecule has 1 aromatic heterocycles. The lowest BCUT2D eigenvalue weighted by Crippen LogP contribution is -2.25. The number of benzene rings is 3. The highest BCUT2D eigenvalue weighted by Crippen LogP contribution is 2.38. The van der Waals surface area contributed by atoms with Crippen molar-refractivity contribution in [1.29, 1.82) is 0 Å². The van der Waals surface area contributed by atoms with Gasteiger partial charge in [-0.25, -0.2) is 10.5 Å². The normalized spacial score (nSPS) is 11.1. The van der Waals surface area contributed by atoms with Crippen molar-refractivity contribution < 1.29 is 32.3 Å². The second-order valence-electron chi connectivity index (χ2n) is 11.0. The second kappa shape index (κ2) is 18.7. The highest BCUT2D eigenvalue weighted by Gasteiger charge is 2.35. The molecule has 1 heterocycles. The molecule has 0 bridgehead atoms. The number of hydrogen-bond acceptors (Lipinski definition) is 10. The summed E-state index contributed by atoms with van der Waals surface area (Å²) < 4.78 is 49.0. The van der Waals surface area contributed by atoms with E-state index >= 15 is 0 Å². The van der Waals surface area contributed by atoms with Gasteiger partial charge in [0.1, 0.15) is 17.1 Å². The molecule has 0 aliphatic rings. The summed E-state index contributed by atoms with van der Waals surface area (Å²) in [5.41, 5.74) is 4.19. The number of ether oxygens (including phenoxy) is 1. The van der Waals surface area contributed by atoms with E-state index in [1.54, 1.807) is 49.5 Å². The molecule has 3 aromatic carbocycles. The largest absolute Gasteiger partial charge is 0.496 e. The van der Waals surface area contributed by atoms with Gasteiger partial charge in [-0.2, -0.15) is 18.2 Å². The predicted octanol–water partition coefficient (Wildman–Crippen LogP) is 7.63. The van der Waals surface area contributed by atoms with E-state index < -0.39 is 17.6 Å². The summed E-state index contributed by atoms with van der Waals surface area (Å²) in [6.45, 7) is 0.731. The first-order valence-corrected chi connectivity index (χ1v) is 17.0. The SMILES string of the molecule is COc1cc(Nc2ncc(C(F)(F)F)c(Nc3ccccc3N(C)SC)n2)ccc1C(=O)NCCCCCCC(=O)NOCc1ccccc1. The molecule has 0 unspecified atom stereocenters. The molecule has 0 aliphatic heterocycles. The Morgan fingerprint density at radius 2 is 1.68 bits per heavy atom. The van der Waals surface area contributed by atoms with Gasteiger partial charge in [-0.3, -0.25) is 14.4 Å². The van der Waals surface area contributed by atoms with Gasteiger partial charge in [0.15, 0.2) is 0 Å². The molecule has 50 heavy (non-hydrogen) atoms. The number of carbonyl (C=O) groups excluding carboxylic acids is 2. The quantitative estimate of drug-likeness (QED) is 0.0465. The Kier molecular flexibility index (Phi) is 14.1. The fourth-order valence-corrected chi connectivity index (χ4v) is 5.15. The topological polar surface area (TPSA) is 130 Å². The van der Waals surface area contributed by atoms with Crippen LogP contribution in [-0.4, -0.2) is 48.7 Å². The minimum atomic E-state index is -4.70. The maximum absolute atomic E-state index is 13.9. The van der Waals surface area contributed by atoms with Gasteiger partial charge in [0.2, 0.25) is 11.9 Å². The number of carbonyl (C=O) groups is 2. The number of nitrogens with one attached hydrogen (secondary N) is 4. The molecule has 0 fully saturated rings. The zero-order valence-corrected chi connectivity index (χ0v) is 28.8. The summed E-state index contributed by atoms with van der Waals surface area (Å²) in [6.07, 6.45) is 1.27. The van der Waals surface area contributed by atoms with E-state index in [9.17, 15) is 22.8 Å². The number of unbranched alkanes of at least 4 members (excludes halogenated alkanes) is 3. The minimum absolute atomic E-state index is 0.0901. The van der Waals surface area contributed by atoms with Crippen LogP contribution >= 0.6 is 11.9 Å². The van der Waals surface area contributed by atoms with Crippen LogP contribution in [0.5, 0.6) is 5.75 Å². The Bertz CT molecular complexity index is 1710. The minimum Gasteiger partial charge on any atom is -0.496 e. The number of aromatic nitrogens is 2. The lowest BCUT2D eigenvalue weighted by molar-refractivity contribution is -0.137. The third kappa shape index (κ3) is 11.3. The molecule has 0 aliphatic carbocycles. The Labute approximate surface area is 293 Å². The first-order valence-electron chi connectivity index (χ1n) is 15.8. The smallest absolute Gasteiger partial charge is 0.421 e. The fraction of sp³-hybridized carbons (Fsp3) is 0.314. The van der Waals surface area contributed by atoms with E-state index in [0.29, 0.717) is 49.3 Å². The van der Waals surface area contributed by atoms with E-state index in [-0.39, 0.29) is 29.1 Å². The van der Waals surface area contributed by atoms with Crippen molar-refractivity contribution in [3.63, 3.8) is 0 Å². The van der Waals surface area contributed by atoms with Crippen molar-refractivity contribution in [2.45, 2.75) is 44.9 Å². The van der Waals surface area contributed by atoms with Crippen LogP contribution in [0.2, 0.25) is 0 Å². The molecule has 15 heteroatoms. The summed E-state index contributed by atoms with van der Waals surface area (Å²) in [5.74, 6) is -0.771. The van der Waals surface area contributed by atoms with E-state index in [2.05, 4.69) is 31.4 Å². The summed E-state index contributed by atoms with van der Waals surface area (Å²) in [4.78, 5) is 38.1. The van der Waals surface area contributed by atoms with Crippen LogP contribution in [0.3, 0.4) is 0 Å². The molecular weight excluding hydrogens is 671 g/mol. The van der Waals surface area contributed by atoms with Gasteiger partial charge in [0, 0.05) is 44.2 Å². The number of hydroxylamine groups is 1. The Hall–Kier alpha value is -5.02. The number of methoxy groups -OCH3 is 1. The lowest BCUT2D eigenvalue weighted by Gasteiger charge is -2.21. The maximum atomic E-state index is 13.9. The monoisotopic (exact) mass is 711 g/mol. The molecule has 0 saturated carbocycles. The average molecular weight is 712 g/mol. The molecule has 4 rings (SSSR count). The number of anilines is 5. The van der Waals surface area contributed by atoms with Crippen LogP contribution in [0.25, 0.3) is 0 Å². The number of amides is 2. The molecule has 11 nitrogen and oxygen atoms in total. The van der Waals surface area contributed by atoms with Crippen LogP contribution in [-0.2, 0) is 22.4 Å². The Morgan fingerprint density at radius 1 is 0.940 bits per heavy atom. The second-order valence-corrected chi connectivity index (χ2v) is 11.9. The number of alkyl halides is 3. The molecule has 0 saturated heterocycles. The molecule has 0 atom stereocenters. The number of hydrogen-bond donors (Lipinski definition) is 4. The number of para-hydroxylation sites is 2. The summed E-state index contributed by atoms with van der Waals surface area (Å²) in [5, 5.41) is 8.60. The van der Waals surface area contributed by atoms with Crippen molar-refractivity contribution in [3.8, 4) is 5.75 Å². The number of halogens is 3. The summed E-state index contributed by atoms with van der Waals surface area (Å²) in [7, 11) is 3.22. The molecule has 2 amide bonds. The van der Waals surface area contributed by atoms with Gasteiger partial charge in [-0.1, -0.05) is 67.3 Å². The van der Waals surface area contributed by atoms with Crippen LogP contribution in [0.1, 0.15) is 53.6 Å². The van der Waals surface area contributed by atoms with Crippen LogP contribution in [0, 0.1) is 0 Å². The molecule has 266 valence electrons. The predicted molar refractivity (Wildman–Crippen MR) is 190 cm³/mol. The highest BCUT2D eigenvalue weighted by atomic mass is 32.2. The Balaban J connectivity index is 1.28. The third-order valence-electron chi connectivity index (χ3n) is 7.45. The summed E-state index contributed by atoms with van der Waals surface area (Å²) in [6, 6.07) is 21.2. The van der Waals surface area contributed by atoms with Crippen molar-refractivity contribution in [3.05, 3.63) is 95.7 Å². The average Bonchev–Trinajstić information content (AvgIpc) is 3.11. The van der Waals surface area contributed by atoms with Crippen molar-refractivity contribution in [2.24, 2.45) is 0 Å². The van der Waals surface area contributed by atoms with Gasteiger partial charge < -0.3 is 25.0 Å². The highest BCUT2D eigenvalue weighted by molar-refractivity contribution is 7.99. The van der Waals surface area contributed by atoms with E-state index in [1.807, 2.05) is 40.9 Å². The van der Waals surface area contributed by atoms with Crippen LogP contribution in [0.15, 0.2) is 79.0 Å². The maximum Gasteiger partial charge on any atom is 0.421 e. The van der Waals surface area contributed by atoms with Gasteiger partial charge in [0.25, 0.3) is 5.91 Å². The van der Waals surface area contributed by atoms with Crippen molar-refractivity contribution in [1.82, 2.24) is 20.8 Å². The Morgan fingerprint density at radius 3 is 2.42 bits per heavy atom. The van der Waals surface area contributed by atoms with Crippen LogP contribution in [0.4, 0.5) is 42.0 Å². The fourth-order valence-electron chi connectivity index (χ4n) is 4.80. The van der Waals surface area contributed by atoms with Gasteiger partial charge >= 0.3 is 6.18 Å². The first-order chi connectivity index (χ1) is 24.1. The van der Waals surface area contributed by atoms with Gasteiger partial charge in [-0.05, 0) is 42.7 Å². The zero-order chi connectivity index (χ0) is 35.9. The zero-order valence-electron chi connectivity index (χ0n) is 28.0. The van der Waals surface area contributed by atoms with Crippen molar-refractivity contribution >= 4 is 52.6 Å². The lowest BCUT2D eigenvalue weighted by atomic mass is 10.1. The van der Waals surface area contributed by atoms with E-state index in [1.165, 1.54) is 19.1 Å². The van der Waals surface area contributed by atoms with E-state index in [0.717, 1.165) is 24.8 Å². The molecule has 4 N–H and O–H groups in total.